The fourth-order valence-electron chi connectivity index (χ4n) is 8.81. The van der Waals surface area contributed by atoms with Crippen LogP contribution in [0.5, 0.6) is 0 Å². The molecule has 0 amide bonds. The molecule has 0 saturated heterocycles. The zero-order chi connectivity index (χ0) is 40.6. The fraction of sp³-hybridized carbons (Fsp3) is 0.0408. The predicted molar refractivity (Wildman–Crippen MR) is 228 cm³/mol. The van der Waals surface area contributed by atoms with Gasteiger partial charge in [-0.15, -0.1) is 0 Å². The number of nitrogens with zero attached hydrogens (tertiary/aromatic N) is 2. The molecule has 1 spiro atoms. The Morgan fingerprint density at radius 2 is 0.898 bits per heavy atom. The van der Waals surface area contributed by atoms with Crippen molar-refractivity contribution in [2.75, 3.05) is 0 Å². The second-order valence-electron chi connectivity index (χ2n) is 14.7. The Hall–Kier alpha value is -6.33. The van der Waals surface area contributed by atoms with Gasteiger partial charge in [0.1, 0.15) is 11.4 Å². The molecule has 59 heavy (non-hydrogen) atoms. The summed E-state index contributed by atoms with van der Waals surface area (Å²) in [5.74, 6) is -0.601. The minimum atomic E-state index is -4.82. The third-order valence-corrected chi connectivity index (χ3v) is 17.6. The normalized spacial score (nSPS) is 14.0. The smallest absolute Gasteiger partial charge is 0.309 e. The fourth-order valence-corrected chi connectivity index (χ4v) is 14.2. The lowest BCUT2D eigenvalue weighted by Crippen LogP contribution is -2.39. The summed E-state index contributed by atoms with van der Waals surface area (Å²) in [7, 11) is -7.29. The number of hydrogen-bond acceptors (Lipinski definition) is 3. The second kappa shape index (κ2) is 13.6. The van der Waals surface area contributed by atoms with Crippen molar-refractivity contribution >= 4 is 58.3 Å². The molecule has 1 aromatic heterocycles. The number of rotatable bonds is 6. The number of fused-ring (bicyclic) bond motifs is 9. The first-order valence-electron chi connectivity index (χ1n) is 18.9. The molecule has 4 nitrogen and oxygen atoms in total. The Morgan fingerprint density at radius 1 is 0.475 bits per heavy atom. The van der Waals surface area contributed by atoms with Crippen molar-refractivity contribution in [2.24, 2.45) is 0 Å². The molecule has 2 aliphatic rings. The van der Waals surface area contributed by atoms with Crippen LogP contribution in [0.25, 0.3) is 23.4 Å². The Morgan fingerprint density at radius 3 is 1.31 bits per heavy atom. The van der Waals surface area contributed by atoms with Crippen LogP contribution in [0.4, 0.5) is 17.6 Å². The van der Waals surface area contributed by atoms with Gasteiger partial charge in [0.2, 0.25) is 0 Å². The van der Waals surface area contributed by atoms with Gasteiger partial charge in [-0.1, -0.05) is 158 Å². The SMILES string of the molecule is O=P(c1ccccc1)(c1ccccc1)c1ccc2c(c1)C1(c3cc(P(=O)(c4ccccc4)c4ccccc4)ccc3C=C2)c2cc(F)ccc2-c2cc(C(F)(F)F)nn21. The van der Waals surface area contributed by atoms with Crippen LogP contribution in [0.1, 0.15) is 33.5 Å². The van der Waals surface area contributed by atoms with Gasteiger partial charge < -0.3 is 9.13 Å². The summed E-state index contributed by atoms with van der Waals surface area (Å²) in [6.45, 7) is 0. The molecule has 10 rings (SSSR count). The third kappa shape index (κ3) is 5.54. The zero-order valence-corrected chi connectivity index (χ0v) is 32.9. The largest absolute Gasteiger partial charge is 0.435 e. The summed E-state index contributed by atoms with van der Waals surface area (Å²) in [5.41, 5.74) is 0.00852. The lowest BCUT2D eigenvalue weighted by molar-refractivity contribution is -0.141. The molecule has 7 aromatic carbocycles. The zero-order valence-electron chi connectivity index (χ0n) is 31.1. The number of halogens is 4. The first-order valence-corrected chi connectivity index (χ1v) is 22.3. The van der Waals surface area contributed by atoms with Gasteiger partial charge in [0.25, 0.3) is 0 Å². The van der Waals surface area contributed by atoms with Gasteiger partial charge in [-0.05, 0) is 58.7 Å². The predicted octanol–water partition coefficient (Wildman–Crippen LogP) is 9.62. The quantitative estimate of drug-likeness (QED) is 0.124. The van der Waals surface area contributed by atoms with E-state index in [1.807, 2.05) is 146 Å². The summed E-state index contributed by atoms with van der Waals surface area (Å²) >= 11 is 0. The summed E-state index contributed by atoms with van der Waals surface area (Å²) in [6, 6.07) is 52.2. The maximum Gasteiger partial charge on any atom is 0.435 e. The maximum atomic E-state index is 15.9. The van der Waals surface area contributed by atoms with E-state index in [4.69, 9.17) is 0 Å². The van der Waals surface area contributed by atoms with E-state index in [2.05, 4.69) is 5.10 Å². The molecular formula is C49H32F4N2O2P2. The Balaban J connectivity index is 1.35. The van der Waals surface area contributed by atoms with Crippen molar-refractivity contribution in [1.29, 1.82) is 0 Å². The standard InChI is InChI=1S/C49H32F4N2O2P2/c50-35-25-28-42-45(29-35)48(55-46(42)32-47(54-55)49(51,52)53)43-30-40(58(56,36-13-5-1-6-14-36)37-15-7-2-8-16-37)26-23-33(43)21-22-34-24-27-41(31-44(34)48)59(57,38-17-9-3-10-18-38)39-19-11-4-12-20-39/h1-32H. The van der Waals surface area contributed by atoms with Gasteiger partial charge in [0, 0.05) is 43.0 Å². The van der Waals surface area contributed by atoms with Crippen LogP contribution in [0.2, 0.25) is 0 Å². The van der Waals surface area contributed by atoms with Crippen LogP contribution in [0, 0.1) is 5.82 Å². The van der Waals surface area contributed by atoms with Crippen LogP contribution in [-0.2, 0) is 20.8 Å². The van der Waals surface area contributed by atoms with E-state index < -0.39 is 37.5 Å². The van der Waals surface area contributed by atoms with E-state index in [0.29, 0.717) is 65.2 Å². The Bertz CT molecular complexity index is 2820. The van der Waals surface area contributed by atoms with Crippen LogP contribution in [0.15, 0.2) is 182 Å². The first-order chi connectivity index (χ1) is 28.5. The number of aromatic nitrogens is 2. The highest BCUT2D eigenvalue weighted by atomic mass is 31.2. The van der Waals surface area contributed by atoms with Crippen LogP contribution in [0.3, 0.4) is 0 Å². The van der Waals surface area contributed by atoms with Crippen molar-refractivity contribution < 1.29 is 26.7 Å². The highest BCUT2D eigenvalue weighted by Crippen LogP contribution is 2.56. The highest BCUT2D eigenvalue weighted by molar-refractivity contribution is 7.85. The maximum absolute atomic E-state index is 15.9. The molecule has 1 aliphatic carbocycles. The monoisotopic (exact) mass is 818 g/mol. The molecule has 2 heterocycles. The van der Waals surface area contributed by atoms with Gasteiger partial charge in [0.15, 0.2) is 20.0 Å². The average Bonchev–Trinajstić information content (AvgIpc) is 3.79. The first kappa shape index (κ1) is 37.0. The van der Waals surface area contributed by atoms with Crippen molar-refractivity contribution in [3.63, 3.8) is 0 Å². The summed E-state index contributed by atoms with van der Waals surface area (Å²) in [6.07, 6.45) is -1.09. The summed E-state index contributed by atoms with van der Waals surface area (Å²) < 4.78 is 93.4. The van der Waals surface area contributed by atoms with Crippen molar-refractivity contribution in [2.45, 2.75) is 11.7 Å². The van der Waals surface area contributed by atoms with E-state index >= 15 is 13.5 Å². The molecule has 288 valence electrons. The molecular weight excluding hydrogens is 786 g/mol. The number of benzene rings is 7. The molecule has 0 fully saturated rings. The molecule has 8 aromatic rings. The number of hydrogen-bond donors (Lipinski definition) is 0. The lowest BCUT2D eigenvalue weighted by Gasteiger charge is -2.36. The molecule has 0 N–H and O–H groups in total. The van der Waals surface area contributed by atoms with Crippen molar-refractivity contribution in [3.8, 4) is 11.3 Å². The molecule has 1 aliphatic heterocycles. The summed E-state index contributed by atoms with van der Waals surface area (Å²) in [4.78, 5) is 0. The summed E-state index contributed by atoms with van der Waals surface area (Å²) in [5, 5.41) is 7.46. The van der Waals surface area contributed by atoms with E-state index in [-0.39, 0.29) is 5.69 Å². The average molecular weight is 819 g/mol. The van der Waals surface area contributed by atoms with Gasteiger partial charge in [-0.2, -0.15) is 18.3 Å². The Labute approximate surface area is 337 Å². The van der Waals surface area contributed by atoms with E-state index in [1.165, 1.54) is 22.9 Å². The molecule has 0 unspecified atom stereocenters. The van der Waals surface area contributed by atoms with Crippen LogP contribution >= 0.6 is 14.3 Å². The van der Waals surface area contributed by atoms with Crippen molar-refractivity contribution in [3.05, 3.63) is 221 Å². The van der Waals surface area contributed by atoms with Gasteiger partial charge >= 0.3 is 6.18 Å². The highest BCUT2D eigenvalue weighted by Gasteiger charge is 2.53. The minimum absolute atomic E-state index is 0.130. The lowest BCUT2D eigenvalue weighted by atomic mass is 9.75. The molecule has 0 bridgehead atoms. The van der Waals surface area contributed by atoms with Gasteiger partial charge in [-0.25, -0.2) is 9.07 Å². The van der Waals surface area contributed by atoms with Gasteiger partial charge in [0.05, 0.1) is 5.69 Å². The molecule has 0 saturated carbocycles. The second-order valence-corrected chi connectivity index (χ2v) is 20.2. The molecule has 10 heteroatoms. The van der Waals surface area contributed by atoms with E-state index in [0.717, 1.165) is 6.07 Å². The van der Waals surface area contributed by atoms with Gasteiger partial charge in [-0.3, -0.25) is 0 Å². The molecule has 0 radical (unpaired) electrons. The third-order valence-electron chi connectivity index (χ3n) is 11.5. The number of alkyl halides is 3. The topological polar surface area (TPSA) is 52.0 Å². The van der Waals surface area contributed by atoms with E-state index in [9.17, 15) is 13.2 Å². The van der Waals surface area contributed by atoms with Crippen LogP contribution < -0.4 is 31.8 Å². The van der Waals surface area contributed by atoms with Crippen LogP contribution in [-0.4, -0.2) is 9.78 Å². The van der Waals surface area contributed by atoms with E-state index in [1.54, 1.807) is 24.3 Å². The molecule has 0 atom stereocenters. The Kier molecular flexibility index (Phi) is 8.54. The van der Waals surface area contributed by atoms with Crippen molar-refractivity contribution in [1.82, 2.24) is 9.78 Å². The minimum Gasteiger partial charge on any atom is -0.309 e.